The van der Waals surface area contributed by atoms with Gasteiger partial charge in [-0.05, 0) is 25.9 Å². The Balaban J connectivity index is 1.90. The van der Waals surface area contributed by atoms with Crippen molar-refractivity contribution >= 4 is 0 Å². The molecule has 0 bridgehead atoms. The van der Waals surface area contributed by atoms with Crippen LogP contribution in [-0.4, -0.2) is 34.7 Å². The number of piperidine rings is 1. The summed E-state index contributed by atoms with van der Waals surface area (Å²) >= 11 is 0. The molecule has 2 heterocycles. The third kappa shape index (κ3) is 2.66. The molecular weight excluding hydrogens is 196 g/mol. The van der Waals surface area contributed by atoms with Crippen LogP contribution >= 0.6 is 0 Å². The SMILES string of the molecule is NC(CN1CCCCC1)c1noc(=O)[nH]1. The highest BCUT2D eigenvalue weighted by Crippen LogP contribution is 2.12. The molecule has 6 nitrogen and oxygen atoms in total. The first-order valence-corrected chi connectivity index (χ1v) is 5.29. The third-order valence-electron chi connectivity index (χ3n) is 2.71. The molecule has 1 aromatic rings. The van der Waals surface area contributed by atoms with Gasteiger partial charge in [-0.25, -0.2) is 4.79 Å². The van der Waals surface area contributed by atoms with Crippen molar-refractivity contribution in [2.45, 2.75) is 25.3 Å². The number of aromatic nitrogens is 2. The van der Waals surface area contributed by atoms with Gasteiger partial charge in [0, 0.05) is 6.54 Å². The molecular formula is C9H16N4O2. The zero-order chi connectivity index (χ0) is 10.7. The van der Waals surface area contributed by atoms with Crippen LogP contribution in [0.5, 0.6) is 0 Å². The lowest BCUT2D eigenvalue weighted by Gasteiger charge is -2.27. The minimum atomic E-state index is -0.543. The van der Waals surface area contributed by atoms with Crippen molar-refractivity contribution in [2.24, 2.45) is 5.73 Å². The van der Waals surface area contributed by atoms with Crippen molar-refractivity contribution in [2.75, 3.05) is 19.6 Å². The van der Waals surface area contributed by atoms with Crippen LogP contribution in [0.4, 0.5) is 0 Å². The summed E-state index contributed by atoms with van der Waals surface area (Å²) < 4.78 is 4.42. The standard InChI is InChI=1S/C9H16N4O2/c10-7(8-11-9(14)15-12-8)6-13-4-2-1-3-5-13/h7H,1-6,10H2,(H,11,12,14). The van der Waals surface area contributed by atoms with Gasteiger partial charge in [0.1, 0.15) is 0 Å². The van der Waals surface area contributed by atoms with E-state index >= 15 is 0 Å². The second-order valence-electron chi connectivity index (χ2n) is 3.95. The van der Waals surface area contributed by atoms with E-state index in [1.54, 1.807) is 0 Å². The summed E-state index contributed by atoms with van der Waals surface area (Å²) in [4.78, 5) is 15.5. The summed E-state index contributed by atoms with van der Waals surface area (Å²) in [6, 6.07) is -0.269. The topological polar surface area (TPSA) is 88.2 Å². The average Bonchev–Trinajstić information content (AvgIpc) is 2.66. The molecule has 0 saturated carbocycles. The van der Waals surface area contributed by atoms with Crippen molar-refractivity contribution in [1.82, 2.24) is 15.0 Å². The van der Waals surface area contributed by atoms with Gasteiger partial charge in [0.15, 0.2) is 5.82 Å². The highest BCUT2D eigenvalue weighted by molar-refractivity contribution is 4.90. The van der Waals surface area contributed by atoms with E-state index < -0.39 is 5.76 Å². The molecule has 0 spiro atoms. The molecule has 3 N–H and O–H groups in total. The molecule has 1 aliphatic rings. The molecule has 1 aliphatic heterocycles. The summed E-state index contributed by atoms with van der Waals surface area (Å²) in [6.07, 6.45) is 3.75. The van der Waals surface area contributed by atoms with Gasteiger partial charge in [0.25, 0.3) is 0 Å². The van der Waals surface area contributed by atoms with E-state index in [9.17, 15) is 4.79 Å². The second kappa shape index (κ2) is 4.59. The Labute approximate surface area is 87.4 Å². The van der Waals surface area contributed by atoms with E-state index in [0.717, 1.165) is 19.6 Å². The van der Waals surface area contributed by atoms with Gasteiger partial charge in [-0.15, -0.1) is 0 Å². The van der Waals surface area contributed by atoms with Crippen molar-refractivity contribution < 1.29 is 4.52 Å². The van der Waals surface area contributed by atoms with Crippen LogP contribution < -0.4 is 11.5 Å². The summed E-state index contributed by atoms with van der Waals surface area (Å²) in [6.45, 7) is 2.88. The maximum absolute atomic E-state index is 10.7. The van der Waals surface area contributed by atoms with Gasteiger partial charge < -0.3 is 10.6 Å². The number of rotatable bonds is 3. The zero-order valence-electron chi connectivity index (χ0n) is 8.61. The Hall–Kier alpha value is -1.14. The highest BCUT2D eigenvalue weighted by Gasteiger charge is 2.17. The Bertz CT molecular complexity index is 353. The fraction of sp³-hybridized carbons (Fsp3) is 0.778. The fourth-order valence-corrected chi connectivity index (χ4v) is 1.91. The molecule has 1 aromatic heterocycles. The first-order chi connectivity index (χ1) is 7.25. The largest absolute Gasteiger partial charge is 0.438 e. The second-order valence-corrected chi connectivity index (χ2v) is 3.95. The molecule has 2 rings (SSSR count). The van der Waals surface area contributed by atoms with Gasteiger partial charge in [-0.1, -0.05) is 11.6 Å². The Kier molecular flexibility index (Phi) is 3.17. The first-order valence-electron chi connectivity index (χ1n) is 5.29. The maximum atomic E-state index is 10.7. The molecule has 1 atom stereocenters. The van der Waals surface area contributed by atoms with E-state index in [1.807, 2.05) is 0 Å². The van der Waals surface area contributed by atoms with Crippen LogP contribution in [0.2, 0.25) is 0 Å². The number of hydrogen-bond donors (Lipinski definition) is 2. The minimum Gasteiger partial charge on any atom is -0.320 e. The monoisotopic (exact) mass is 212 g/mol. The number of nitrogens with one attached hydrogen (secondary N) is 1. The molecule has 15 heavy (non-hydrogen) atoms. The number of likely N-dealkylation sites (tertiary alicyclic amines) is 1. The minimum absolute atomic E-state index is 0.269. The van der Waals surface area contributed by atoms with Gasteiger partial charge in [0.05, 0.1) is 6.04 Å². The molecule has 1 unspecified atom stereocenters. The van der Waals surface area contributed by atoms with Gasteiger partial charge in [-0.2, -0.15) is 0 Å². The summed E-state index contributed by atoms with van der Waals surface area (Å²) in [5.74, 6) is -0.107. The fourth-order valence-electron chi connectivity index (χ4n) is 1.91. The van der Waals surface area contributed by atoms with E-state index in [0.29, 0.717) is 5.82 Å². The normalized spacial score (nSPS) is 20.3. The first kappa shape index (κ1) is 10.4. The van der Waals surface area contributed by atoms with Crippen molar-refractivity contribution in [3.63, 3.8) is 0 Å². The molecule has 0 amide bonds. The average molecular weight is 212 g/mol. The number of hydrogen-bond acceptors (Lipinski definition) is 5. The van der Waals surface area contributed by atoms with Crippen LogP contribution in [0, 0.1) is 0 Å². The molecule has 0 aromatic carbocycles. The van der Waals surface area contributed by atoms with Crippen LogP contribution in [0.1, 0.15) is 31.1 Å². The molecule has 1 saturated heterocycles. The summed E-state index contributed by atoms with van der Waals surface area (Å²) in [7, 11) is 0. The van der Waals surface area contributed by atoms with Gasteiger partial charge >= 0.3 is 5.76 Å². The number of nitrogens with two attached hydrogens (primary N) is 1. The number of aromatic amines is 1. The summed E-state index contributed by atoms with van der Waals surface area (Å²) in [5.41, 5.74) is 5.90. The molecule has 0 radical (unpaired) electrons. The Morgan fingerprint density at radius 2 is 2.20 bits per heavy atom. The Morgan fingerprint density at radius 1 is 1.47 bits per heavy atom. The quantitative estimate of drug-likeness (QED) is 0.727. The van der Waals surface area contributed by atoms with Crippen molar-refractivity contribution in [3.05, 3.63) is 16.4 Å². The van der Waals surface area contributed by atoms with E-state index in [2.05, 4.69) is 19.6 Å². The van der Waals surface area contributed by atoms with Crippen molar-refractivity contribution in [1.29, 1.82) is 0 Å². The van der Waals surface area contributed by atoms with Gasteiger partial charge in [-0.3, -0.25) is 9.51 Å². The van der Waals surface area contributed by atoms with Crippen LogP contribution in [0.25, 0.3) is 0 Å². The lowest BCUT2D eigenvalue weighted by molar-refractivity contribution is 0.213. The van der Waals surface area contributed by atoms with Crippen LogP contribution in [0.15, 0.2) is 9.32 Å². The van der Waals surface area contributed by atoms with E-state index in [-0.39, 0.29) is 6.04 Å². The Morgan fingerprint density at radius 3 is 2.80 bits per heavy atom. The lowest BCUT2D eigenvalue weighted by atomic mass is 10.1. The number of H-pyrrole nitrogens is 1. The summed E-state index contributed by atoms with van der Waals surface area (Å²) in [5, 5.41) is 3.59. The highest BCUT2D eigenvalue weighted by atomic mass is 16.5. The van der Waals surface area contributed by atoms with Crippen LogP contribution in [-0.2, 0) is 0 Å². The zero-order valence-corrected chi connectivity index (χ0v) is 8.61. The van der Waals surface area contributed by atoms with Gasteiger partial charge in [0.2, 0.25) is 0 Å². The molecule has 84 valence electrons. The molecule has 0 aliphatic carbocycles. The smallest absolute Gasteiger partial charge is 0.320 e. The van der Waals surface area contributed by atoms with E-state index in [4.69, 9.17) is 5.73 Å². The predicted octanol–water partition coefficient (Wildman–Crippen LogP) is -0.151. The third-order valence-corrected chi connectivity index (χ3v) is 2.71. The van der Waals surface area contributed by atoms with Crippen molar-refractivity contribution in [3.8, 4) is 0 Å². The predicted molar refractivity (Wildman–Crippen MR) is 54.3 cm³/mol. The number of nitrogens with zero attached hydrogens (tertiary/aromatic N) is 2. The molecule has 1 fully saturated rings. The molecule has 6 heteroatoms. The lowest BCUT2D eigenvalue weighted by Crippen LogP contribution is -2.36. The van der Waals surface area contributed by atoms with E-state index in [1.165, 1.54) is 19.3 Å². The van der Waals surface area contributed by atoms with Crippen LogP contribution in [0.3, 0.4) is 0 Å². The maximum Gasteiger partial charge on any atom is 0.438 e.